The second-order valence-corrected chi connectivity index (χ2v) is 9.93. The molecule has 1 fully saturated rings. The maximum Gasteiger partial charge on any atom is 0.407 e. The topological polar surface area (TPSA) is 99.6 Å². The average molecular weight is 540 g/mol. The van der Waals surface area contributed by atoms with Crippen molar-refractivity contribution in [2.45, 2.75) is 64.6 Å². The summed E-state index contributed by atoms with van der Waals surface area (Å²) in [6, 6.07) is 3.12. The Bertz CT molecular complexity index is 924. The highest BCUT2D eigenvalue weighted by Crippen LogP contribution is 2.39. The number of hydrogen-bond acceptors (Lipinski definition) is 5. The molecule has 0 unspecified atom stereocenters. The summed E-state index contributed by atoms with van der Waals surface area (Å²) in [6.45, 7) is 7.46. The van der Waals surface area contributed by atoms with Crippen LogP contribution in [0.4, 0.5) is 10.5 Å². The predicted octanol–water partition coefficient (Wildman–Crippen LogP) is 3.98. The Hall–Kier alpha value is -2.33. The molecule has 9 nitrogen and oxygen atoms in total. The highest BCUT2D eigenvalue weighted by Gasteiger charge is 2.36. The van der Waals surface area contributed by atoms with Gasteiger partial charge in [0.05, 0.1) is 17.3 Å². The number of rotatable bonds is 8. The molecule has 1 aromatic carbocycles. The third-order valence-electron chi connectivity index (χ3n) is 6.32. The van der Waals surface area contributed by atoms with Gasteiger partial charge in [0, 0.05) is 43.9 Å². The number of hydrogen-bond donors (Lipinski definition) is 1. The second kappa shape index (κ2) is 11.4. The summed E-state index contributed by atoms with van der Waals surface area (Å²) in [5, 5.41) is 9.44. The van der Waals surface area contributed by atoms with Crippen LogP contribution in [0.2, 0.25) is 0 Å². The SMILES string of the molecule is COCCCCN1C(=O)[C@@H](C)Oc2cc(Br)c(C(=O)N(C(C)C)[C@@H]3CCCN(C(=O)O)C3)cc21. The van der Waals surface area contributed by atoms with Crippen LogP contribution in [0, 0.1) is 0 Å². The van der Waals surface area contributed by atoms with E-state index in [0.29, 0.717) is 47.6 Å². The normalized spacial score (nSPS) is 20.2. The maximum absolute atomic E-state index is 13.8. The summed E-state index contributed by atoms with van der Waals surface area (Å²) in [4.78, 5) is 43.0. The number of anilines is 1. The number of halogens is 1. The number of carboxylic acid groups (broad SMARTS) is 1. The predicted molar refractivity (Wildman–Crippen MR) is 132 cm³/mol. The number of fused-ring (bicyclic) bond motifs is 1. The molecule has 34 heavy (non-hydrogen) atoms. The molecule has 1 aromatic rings. The van der Waals surface area contributed by atoms with Gasteiger partial charge in [-0.15, -0.1) is 0 Å². The minimum absolute atomic E-state index is 0.128. The number of methoxy groups -OCH3 is 1. The van der Waals surface area contributed by atoms with Crippen LogP contribution in [0.1, 0.15) is 56.8 Å². The molecule has 10 heteroatoms. The van der Waals surface area contributed by atoms with Crippen LogP contribution in [0.15, 0.2) is 16.6 Å². The van der Waals surface area contributed by atoms with Gasteiger partial charge in [-0.2, -0.15) is 0 Å². The Morgan fingerprint density at radius 3 is 2.71 bits per heavy atom. The summed E-state index contributed by atoms with van der Waals surface area (Å²) in [5.41, 5.74) is 0.999. The Labute approximate surface area is 209 Å². The Morgan fingerprint density at radius 2 is 2.06 bits per heavy atom. The lowest BCUT2D eigenvalue weighted by molar-refractivity contribution is -0.125. The molecule has 2 heterocycles. The molecule has 0 saturated carbocycles. The molecule has 1 saturated heterocycles. The molecule has 0 radical (unpaired) electrons. The first-order valence-electron chi connectivity index (χ1n) is 11.8. The average Bonchev–Trinajstić information content (AvgIpc) is 2.78. The molecule has 0 aromatic heterocycles. The number of carbonyl (C=O) groups excluding carboxylic acids is 2. The number of unbranched alkanes of at least 4 members (excludes halogenated alkanes) is 1. The Balaban J connectivity index is 1.92. The molecular formula is C24H34BrN3O6. The standard InChI is InChI=1S/C24H34BrN3O6/c1-15(2)28(17-8-7-9-26(14-17)24(31)32)23(30)18-12-20-21(13-19(18)25)34-16(3)22(29)27(20)10-5-6-11-33-4/h12-13,15-17H,5-11,14H2,1-4H3,(H,31,32)/t16-,17-/m1/s1. The number of piperidine rings is 1. The highest BCUT2D eigenvalue weighted by molar-refractivity contribution is 9.10. The summed E-state index contributed by atoms with van der Waals surface area (Å²) >= 11 is 3.53. The van der Waals surface area contributed by atoms with Crippen molar-refractivity contribution in [3.05, 3.63) is 22.2 Å². The zero-order valence-corrected chi connectivity index (χ0v) is 21.8. The fraction of sp³-hybridized carbons (Fsp3) is 0.625. The lowest BCUT2D eigenvalue weighted by atomic mass is 10.0. The number of amides is 3. The molecule has 2 atom stereocenters. The van der Waals surface area contributed by atoms with Crippen molar-refractivity contribution in [3.8, 4) is 5.75 Å². The van der Waals surface area contributed by atoms with E-state index < -0.39 is 12.2 Å². The molecule has 0 aliphatic carbocycles. The van der Waals surface area contributed by atoms with E-state index in [4.69, 9.17) is 9.47 Å². The fourth-order valence-corrected chi connectivity index (χ4v) is 5.15. The van der Waals surface area contributed by atoms with Crippen molar-refractivity contribution in [1.29, 1.82) is 0 Å². The Morgan fingerprint density at radius 1 is 1.32 bits per heavy atom. The summed E-state index contributed by atoms with van der Waals surface area (Å²) in [6.07, 6.45) is 1.44. The lowest BCUT2D eigenvalue weighted by Gasteiger charge is -2.41. The van der Waals surface area contributed by atoms with Crippen LogP contribution >= 0.6 is 15.9 Å². The van der Waals surface area contributed by atoms with E-state index in [0.717, 1.165) is 19.3 Å². The van der Waals surface area contributed by atoms with Gasteiger partial charge >= 0.3 is 6.09 Å². The molecular weight excluding hydrogens is 506 g/mol. The lowest BCUT2D eigenvalue weighted by Crippen LogP contribution is -2.53. The van der Waals surface area contributed by atoms with Gasteiger partial charge in [0.15, 0.2) is 6.10 Å². The minimum Gasteiger partial charge on any atom is -0.479 e. The number of benzene rings is 1. The fourth-order valence-electron chi connectivity index (χ4n) is 4.66. The van der Waals surface area contributed by atoms with E-state index in [1.807, 2.05) is 13.8 Å². The highest BCUT2D eigenvalue weighted by atomic mass is 79.9. The van der Waals surface area contributed by atoms with Gasteiger partial charge in [0.1, 0.15) is 5.75 Å². The van der Waals surface area contributed by atoms with E-state index in [-0.39, 0.29) is 30.4 Å². The van der Waals surface area contributed by atoms with Gasteiger partial charge in [-0.3, -0.25) is 9.59 Å². The second-order valence-electron chi connectivity index (χ2n) is 9.08. The van der Waals surface area contributed by atoms with Crippen molar-refractivity contribution >= 4 is 39.5 Å². The van der Waals surface area contributed by atoms with Crippen LogP contribution in [0.25, 0.3) is 0 Å². The van der Waals surface area contributed by atoms with Crippen molar-refractivity contribution < 1.29 is 29.0 Å². The van der Waals surface area contributed by atoms with Gasteiger partial charge in [0.2, 0.25) is 0 Å². The molecule has 1 N–H and O–H groups in total. The van der Waals surface area contributed by atoms with Gasteiger partial charge in [-0.25, -0.2) is 4.79 Å². The first-order valence-corrected chi connectivity index (χ1v) is 12.6. The van der Waals surface area contributed by atoms with Crippen LogP contribution in [-0.2, 0) is 9.53 Å². The monoisotopic (exact) mass is 539 g/mol. The molecule has 2 aliphatic rings. The third kappa shape index (κ3) is 5.66. The first kappa shape index (κ1) is 26.3. The van der Waals surface area contributed by atoms with Crippen molar-refractivity contribution in [2.24, 2.45) is 0 Å². The third-order valence-corrected chi connectivity index (χ3v) is 6.97. The molecule has 0 bridgehead atoms. The van der Waals surface area contributed by atoms with E-state index in [2.05, 4.69) is 15.9 Å². The van der Waals surface area contributed by atoms with E-state index in [1.54, 1.807) is 36.0 Å². The zero-order valence-electron chi connectivity index (χ0n) is 20.3. The van der Waals surface area contributed by atoms with Crippen molar-refractivity contribution in [1.82, 2.24) is 9.80 Å². The number of likely N-dealkylation sites (tertiary alicyclic amines) is 1. The number of carbonyl (C=O) groups is 3. The quantitative estimate of drug-likeness (QED) is 0.501. The first-order chi connectivity index (χ1) is 16.1. The van der Waals surface area contributed by atoms with Crippen LogP contribution in [-0.4, -0.2) is 84.4 Å². The van der Waals surface area contributed by atoms with E-state index in [9.17, 15) is 19.5 Å². The van der Waals surface area contributed by atoms with Gasteiger partial charge in [0.25, 0.3) is 11.8 Å². The molecule has 188 valence electrons. The number of ether oxygens (including phenoxy) is 2. The number of nitrogens with zero attached hydrogens (tertiary/aromatic N) is 3. The van der Waals surface area contributed by atoms with E-state index in [1.165, 1.54) is 4.90 Å². The minimum atomic E-state index is -0.968. The van der Waals surface area contributed by atoms with E-state index >= 15 is 0 Å². The molecule has 3 amide bonds. The van der Waals surface area contributed by atoms with Crippen molar-refractivity contribution in [3.63, 3.8) is 0 Å². The zero-order chi connectivity index (χ0) is 25.0. The van der Waals surface area contributed by atoms with Gasteiger partial charge in [-0.1, -0.05) is 0 Å². The van der Waals surface area contributed by atoms with Crippen LogP contribution < -0.4 is 9.64 Å². The van der Waals surface area contributed by atoms with Crippen LogP contribution in [0.5, 0.6) is 5.75 Å². The van der Waals surface area contributed by atoms with Gasteiger partial charge < -0.3 is 29.3 Å². The summed E-state index contributed by atoms with van der Waals surface area (Å²) in [5.74, 6) is 0.205. The molecule has 0 spiro atoms. The van der Waals surface area contributed by atoms with Crippen molar-refractivity contribution in [2.75, 3.05) is 38.3 Å². The molecule has 2 aliphatic heterocycles. The van der Waals surface area contributed by atoms with Crippen LogP contribution in [0.3, 0.4) is 0 Å². The molecule has 3 rings (SSSR count). The summed E-state index contributed by atoms with van der Waals surface area (Å²) in [7, 11) is 1.65. The smallest absolute Gasteiger partial charge is 0.407 e. The maximum atomic E-state index is 13.8. The largest absolute Gasteiger partial charge is 0.479 e. The van der Waals surface area contributed by atoms with Gasteiger partial charge in [-0.05, 0) is 74.5 Å². The summed E-state index contributed by atoms with van der Waals surface area (Å²) < 4.78 is 11.5. The Kier molecular flexibility index (Phi) is 8.81.